The quantitative estimate of drug-likeness (QED) is 0.716. The number of aliphatic hydroxyl groups excluding tert-OH is 1. The molecule has 0 fully saturated rings. The predicted molar refractivity (Wildman–Crippen MR) is 53.0 cm³/mol. The summed E-state index contributed by atoms with van der Waals surface area (Å²) in [7, 11) is 1.61. The molecule has 0 saturated carbocycles. The van der Waals surface area contributed by atoms with Gasteiger partial charge in [-0.25, -0.2) is 0 Å². The van der Waals surface area contributed by atoms with E-state index in [4.69, 9.17) is 14.3 Å². The van der Waals surface area contributed by atoms with Crippen molar-refractivity contribution in [2.45, 2.75) is 19.0 Å². The van der Waals surface area contributed by atoms with Gasteiger partial charge in [-0.05, 0) is 19.1 Å². The molecule has 2 unspecified atom stereocenters. The zero-order valence-electron chi connectivity index (χ0n) is 8.56. The minimum atomic E-state index is -0.0555. The van der Waals surface area contributed by atoms with Gasteiger partial charge in [-0.3, -0.25) is 0 Å². The lowest BCUT2D eigenvalue weighted by molar-refractivity contribution is 0.121. The zero-order chi connectivity index (χ0) is 10.4. The number of rotatable bonds is 6. The molecule has 0 radical (unpaired) electrons. The van der Waals surface area contributed by atoms with E-state index in [1.807, 2.05) is 19.1 Å². The van der Waals surface area contributed by atoms with Gasteiger partial charge in [-0.1, -0.05) is 0 Å². The Bertz CT molecular complexity index is 236. The first-order valence-corrected chi connectivity index (χ1v) is 4.67. The van der Waals surface area contributed by atoms with Crippen LogP contribution in [0.5, 0.6) is 0 Å². The molecule has 0 spiro atoms. The average Bonchev–Trinajstić information content (AvgIpc) is 2.69. The summed E-state index contributed by atoms with van der Waals surface area (Å²) in [6.07, 6.45) is 1.64. The fourth-order valence-electron chi connectivity index (χ4n) is 1.33. The number of nitrogens with one attached hydrogen (secondary N) is 1. The highest BCUT2D eigenvalue weighted by molar-refractivity contribution is 5.03. The summed E-state index contributed by atoms with van der Waals surface area (Å²) in [5.74, 6) is 0.861. The molecule has 4 nitrogen and oxygen atoms in total. The molecule has 14 heavy (non-hydrogen) atoms. The second-order valence-corrected chi connectivity index (χ2v) is 3.24. The van der Waals surface area contributed by atoms with Crippen molar-refractivity contribution in [1.29, 1.82) is 0 Å². The number of methoxy groups -OCH3 is 1. The fraction of sp³-hybridized carbons (Fsp3) is 0.600. The molecule has 1 aromatic rings. The van der Waals surface area contributed by atoms with Gasteiger partial charge in [0.25, 0.3) is 0 Å². The van der Waals surface area contributed by atoms with Crippen LogP contribution >= 0.6 is 0 Å². The monoisotopic (exact) mass is 199 g/mol. The Hall–Kier alpha value is -0.840. The summed E-state index contributed by atoms with van der Waals surface area (Å²) in [6, 6.07) is 3.77. The maximum Gasteiger partial charge on any atom is 0.120 e. The van der Waals surface area contributed by atoms with Crippen LogP contribution in [0.4, 0.5) is 0 Å². The Kier molecular flexibility index (Phi) is 4.65. The van der Waals surface area contributed by atoms with Crippen LogP contribution in [-0.2, 0) is 4.74 Å². The summed E-state index contributed by atoms with van der Waals surface area (Å²) >= 11 is 0. The first kappa shape index (κ1) is 11.2. The van der Waals surface area contributed by atoms with E-state index in [0.717, 1.165) is 5.76 Å². The number of furan rings is 1. The van der Waals surface area contributed by atoms with Crippen molar-refractivity contribution in [3.8, 4) is 0 Å². The highest BCUT2D eigenvalue weighted by Crippen LogP contribution is 2.12. The van der Waals surface area contributed by atoms with Crippen molar-refractivity contribution < 1.29 is 14.3 Å². The Morgan fingerprint density at radius 3 is 2.93 bits per heavy atom. The summed E-state index contributed by atoms with van der Waals surface area (Å²) in [5, 5.41) is 12.2. The molecule has 0 aliphatic rings. The maximum atomic E-state index is 9.03. The number of ether oxygens (including phenoxy) is 1. The Labute approximate surface area is 83.9 Å². The largest absolute Gasteiger partial charge is 0.468 e. The van der Waals surface area contributed by atoms with E-state index < -0.39 is 0 Å². The first-order valence-electron chi connectivity index (χ1n) is 4.67. The molecule has 4 heteroatoms. The minimum Gasteiger partial charge on any atom is -0.468 e. The SMILES string of the molecule is COCC(CO)NC(C)c1ccco1. The van der Waals surface area contributed by atoms with Crippen LogP contribution in [0.25, 0.3) is 0 Å². The lowest BCUT2D eigenvalue weighted by Crippen LogP contribution is -2.37. The van der Waals surface area contributed by atoms with E-state index in [2.05, 4.69) is 5.32 Å². The van der Waals surface area contributed by atoms with Gasteiger partial charge in [-0.2, -0.15) is 0 Å². The maximum absolute atomic E-state index is 9.03. The molecule has 0 amide bonds. The van der Waals surface area contributed by atoms with Gasteiger partial charge >= 0.3 is 0 Å². The third kappa shape index (κ3) is 3.14. The summed E-state index contributed by atoms with van der Waals surface area (Å²) in [6.45, 7) is 2.53. The number of aliphatic hydroxyl groups is 1. The molecule has 0 saturated heterocycles. The number of hydrogen-bond donors (Lipinski definition) is 2. The van der Waals surface area contributed by atoms with Crippen LogP contribution in [0.15, 0.2) is 22.8 Å². The highest BCUT2D eigenvalue weighted by atomic mass is 16.5. The van der Waals surface area contributed by atoms with Crippen molar-refractivity contribution in [2.24, 2.45) is 0 Å². The van der Waals surface area contributed by atoms with E-state index in [-0.39, 0.29) is 18.7 Å². The van der Waals surface area contributed by atoms with Crippen LogP contribution in [0, 0.1) is 0 Å². The second-order valence-electron chi connectivity index (χ2n) is 3.24. The lowest BCUT2D eigenvalue weighted by Gasteiger charge is -2.19. The average molecular weight is 199 g/mol. The van der Waals surface area contributed by atoms with E-state index in [1.54, 1.807) is 13.4 Å². The molecule has 0 bridgehead atoms. The molecule has 0 aromatic carbocycles. The van der Waals surface area contributed by atoms with Gasteiger partial charge in [-0.15, -0.1) is 0 Å². The molecule has 80 valence electrons. The lowest BCUT2D eigenvalue weighted by atomic mass is 10.2. The third-order valence-corrected chi connectivity index (χ3v) is 2.04. The van der Waals surface area contributed by atoms with Crippen LogP contribution < -0.4 is 5.32 Å². The van der Waals surface area contributed by atoms with Gasteiger partial charge in [0.1, 0.15) is 5.76 Å². The van der Waals surface area contributed by atoms with E-state index in [1.165, 1.54) is 0 Å². The van der Waals surface area contributed by atoms with Crippen molar-refractivity contribution in [3.63, 3.8) is 0 Å². The third-order valence-electron chi connectivity index (χ3n) is 2.04. The van der Waals surface area contributed by atoms with Crippen LogP contribution in [0.2, 0.25) is 0 Å². The second kappa shape index (κ2) is 5.80. The number of hydrogen-bond acceptors (Lipinski definition) is 4. The Morgan fingerprint density at radius 1 is 1.64 bits per heavy atom. The van der Waals surface area contributed by atoms with E-state index in [0.29, 0.717) is 6.61 Å². The Balaban J connectivity index is 2.42. The van der Waals surface area contributed by atoms with Crippen molar-refractivity contribution in [2.75, 3.05) is 20.3 Å². The summed E-state index contributed by atoms with van der Waals surface area (Å²) in [4.78, 5) is 0. The zero-order valence-corrected chi connectivity index (χ0v) is 8.56. The molecule has 0 aliphatic carbocycles. The van der Waals surface area contributed by atoms with Crippen molar-refractivity contribution in [1.82, 2.24) is 5.32 Å². The van der Waals surface area contributed by atoms with Crippen molar-refractivity contribution in [3.05, 3.63) is 24.2 Å². The van der Waals surface area contributed by atoms with Gasteiger partial charge in [0.05, 0.1) is 31.6 Å². The molecule has 2 N–H and O–H groups in total. The standard InChI is InChI=1S/C10H17NO3/c1-8(10-4-3-5-14-10)11-9(6-12)7-13-2/h3-5,8-9,11-12H,6-7H2,1-2H3. The van der Waals surface area contributed by atoms with Gasteiger partial charge in [0.15, 0.2) is 0 Å². The normalized spacial score (nSPS) is 15.4. The van der Waals surface area contributed by atoms with Crippen LogP contribution in [-0.4, -0.2) is 31.5 Å². The summed E-state index contributed by atoms with van der Waals surface area (Å²) in [5.41, 5.74) is 0. The molecule has 1 rings (SSSR count). The van der Waals surface area contributed by atoms with E-state index in [9.17, 15) is 0 Å². The van der Waals surface area contributed by atoms with Gasteiger partial charge in [0.2, 0.25) is 0 Å². The van der Waals surface area contributed by atoms with Gasteiger partial charge in [0, 0.05) is 7.11 Å². The van der Waals surface area contributed by atoms with Crippen molar-refractivity contribution >= 4 is 0 Å². The predicted octanol–water partition coefficient (Wildman–Crippen LogP) is 0.937. The van der Waals surface area contributed by atoms with Gasteiger partial charge < -0.3 is 19.6 Å². The highest BCUT2D eigenvalue weighted by Gasteiger charge is 2.13. The molecule has 0 aliphatic heterocycles. The van der Waals surface area contributed by atoms with Crippen LogP contribution in [0.3, 0.4) is 0 Å². The molecular weight excluding hydrogens is 182 g/mol. The smallest absolute Gasteiger partial charge is 0.120 e. The molecule has 2 atom stereocenters. The Morgan fingerprint density at radius 2 is 2.43 bits per heavy atom. The molecule has 1 heterocycles. The van der Waals surface area contributed by atoms with E-state index >= 15 is 0 Å². The summed E-state index contributed by atoms with van der Waals surface area (Å²) < 4.78 is 10.2. The fourth-order valence-corrected chi connectivity index (χ4v) is 1.33. The first-order chi connectivity index (χ1) is 6.77. The molecular formula is C10H17NO3. The van der Waals surface area contributed by atoms with Crippen LogP contribution in [0.1, 0.15) is 18.7 Å². The minimum absolute atomic E-state index is 0.0545. The molecule has 1 aromatic heterocycles. The topological polar surface area (TPSA) is 54.6 Å².